The van der Waals surface area contributed by atoms with E-state index in [1.165, 1.54) is 11.8 Å². The Balaban J connectivity index is 1.26. The van der Waals surface area contributed by atoms with Gasteiger partial charge in [0.05, 0.1) is 11.1 Å². The summed E-state index contributed by atoms with van der Waals surface area (Å²) in [6.07, 6.45) is 4.18. The van der Waals surface area contributed by atoms with Crippen LogP contribution in [0.5, 0.6) is 0 Å². The Morgan fingerprint density at radius 2 is 2.10 bits per heavy atom. The fraction of sp³-hybridized carbons (Fsp3) is 0.391. The molecule has 1 N–H and O–H groups in total. The van der Waals surface area contributed by atoms with E-state index in [0.717, 1.165) is 50.0 Å². The van der Waals surface area contributed by atoms with Crippen LogP contribution in [0.15, 0.2) is 30.5 Å². The van der Waals surface area contributed by atoms with Crippen LogP contribution in [0.4, 0.5) is 0 Å². The second-order valence-corrected chi connectivity index (χ2v) is 7.84. The summed E-state index contributed by atoms with van der Waals surface area (Å²) >= 11 is 0. The first-order valence-corrected chi connectivity index (χ1v) is 10.2. The highest BCUT2D eigenvalue weighted by Gasteiger charge is 2.25. The van der Waals surface area contributed by atoms with Gasteiger partial charge in [-0.3, -0.25) is 4.79 Å². The monoisotopic (exact) mass is 404 g/mol. The average Bonchev–Trinajstić information content (AvgIpc) is 3.16. The molecule has 30 heavy (non-hydrogen) atoms. The molecular weight excluding hydrogens is 380 g/mol. The number of hydrogen-bond donors (Lipinski definition) is 1. The van der Waals surface area contributed by atoms with Gasteiger partial charge in [0, 0.05) is 37.4 Å². The van der Waals surface area contributed by atoms with Crippen molar-refractivity contribution in [1.29, 1.82) is 5.26 Å². The van der Waals surface area contributed by atoms with Crippen molar-refractivity contribution in [1.82, 2.24) is 15.2 Å². The molecule has 7 nitrogen and oxygen atoms in total. The van der Waals surface area contributed by atoms with Gasteiger partial charge in [-0.2, -0.15) is 5.26 Å². The minimum atomic E-state index is -0.222. The van der Waals surface area contributed by atoms with Crippen LogP contribution >= 0.6 is 0 Å². The zero-order chi connectivity index (χ0) is 21.1. The van der Waals surface area contributed by atoms with E-state index in [1.807, 2.05) is 18.2 Å². The number of carbonyl (C=O) groups excluding carboxylic acids is 2. The summed E-state index contributed by atoms with van der Waals surface area (Å²) < 4.78 is 5.14. The molecule has 0 bridgehead atoms. The number of esters is 1. The molecule has 0 atom stereocenters. The molecule has 0 radical (unpaired) electrons. The standard InChI is InChI=1S/C23H24N4O3/c1-15-16(3-5-20-21(15)14-30-23(20)29)6-9-27-10-7-18(8-11-27)26-22(28)17-2-4-19(12-24)25-13-17/h2-5,13,18H,6-11,14H2,1H3,(H,26,28). The molecule has 7 heteroatoms. The van der Waals surface area contributed by atoms with Gasteiger partial charge in [0.25, 0.3) is 5.91 Å². The number of ether oxygens (including phenoxy) is 1. The molecule has 2 aliphatic heterocycles. The zero-order valence-electron chi connectivity index (χ0n) is 17.0. The molecule has 1 aromatic carbocycles. The first kappa shape index (κ1) is 20.0. The van der Waals surface area contributed by atoms with Crippen molar-refractivity contribution in [2.24, 2.45) is 0 Å². The van der Waals surface area contributed by atoms with Crippen molar-refractivity contribution in [3.05, 3.63) is 64.0 Å². The Morgan fingerprint density at radius 3 is 2.80 bits per heavy atom. The van der Waals surface area contributed by atoms with Gasteiger partial charge >= 0.3 is 5.97 Å². The lowest BCUT2D eigenvalue weighted by atomic mass is 9.96. The molecule has 4 rings (SSSR count). The Labute approximate surface area is 175 Å². The Morgan fingerprint density at radius 1 is 1.30 bits per heavy atom. The second kappa shape index (κ2) is 8.64. The quantitative estimate of drug-likeness (QED) is 0.769. The van der Waals surface area contributed by atoms with E-state index in [-0.39, 0.29) is 17.9 Å². The fourth-order valence-corrected chi connectivity index (χ4v) is 4.11. The molecule has 0 unspecified atom stereocenters. The summed E-state index contributed by atoms with van der Waals surface area (Å²) in [6.45, 7) is 5.27. The number of aromatic nitrogens is 1. The zero-order valence-corrected chi connectivity index (χ0v) is 17.0. The summed E-state index contributed by atoms with van der Waals surface area (Å²) in [5.41, 5.74) is 4.93. The number of cyclic esters (lactones) is 1. The Kier molecular flexibility index (Phi) is 5.77. The predicted octanol–water partition coefficient (Wildman–Crippen LogP) is 2.37. The number of piperidine rings is 1. The van der Waals surface area contributed by atoms with Crippen LogP contribution in [0.25, 0.3) is 0 Å². The molecule has 2 aromatic rings. The maximum Gasteiger partial charge on any atom is 0.338 e. The lowest BCUT2D eigenvalue weighted by molar-refractivity contribution is 0.0534. The average molecular weight is 404 g/mol. The summed E-state index contributed by atoms with van der Waals surface area (Å²) in [5, 5.41) is 11.9. The maximum atomic E-state index is 12.4. The fourth-order valence-electron chi connectivity index (χ4n) is 4.11. The normalized spacial score (nSPS) is 16.6. The predicted molar refractivity (Wildman–Crippen MR) is 110 cm³/mol. The summed E-state index contributed by atoms with van der Waals surface area (Å²) in [5.74, 6) is -0.364. The number of fused-ring (bicyclic) bond motifs is 1. The van der Waals surface area contributed by atoms with Crippen LogP contribution in [0.1, 0.15) is 55.9 Å². The van der Waals surface area contributed by atoms with E-state index in [9.17, 15) is 9.59 Å². The van der Waals surface area contributed by atoms with E-state index >= 15 is 0 Å². The number of amides is 1. The van der Waals surface area contributed by atoms with Crippen LogP contribution in [0, 0.1) is 18.3 Å². The van der Waals surface area contributed by atoms with Crippen molar-refractivity contribution in [2.45, 2.75) is 38.8 Å². The lowest BCUT2D eigenvalue weighted by Gasteiger charge is -2.32. The van der Waals surface area contributed by atoms with E-state index in [0.29, 0.717) is 23.4 Å². The smallest absolute Gasteiger partial charge is 0.338 e. The largest absolute Gasteiger partial charge is 0.457 e. The summed E-state index contributed by atoms with van der Waals surface area (Å²) in [4.78, 5) is 30.4. The third-order valence-electron chi connectivity index (χ3n) is 6.04. The third-order valence-corrected chi connectivity index (χ3v) is 6.04. The maximum absolute atomic E-state index is 12.4. The number of likely N-dealkylation sites (tertiary alicyclic amines) is 1. The number of pyridine rings is 1. The molecule has 3 heterocycles. The van der Waals surface area contributed by atoms with Crippen molar-refractivity contribution in [2.75, 3.05) is 19.6 Å². The van der Waals surface area contributed by atoms with E-state index in [1.54, 1.807) is 12.1 Å². The van der Waals surface area contributed by atoms with Crippen LogP contribution in [0.2, 0.25) is 0 Å². The van der Waals surface area contributed by atoms with Crippen LogP contribution in [0.3, 0.4) is 0 Å². The van der Waals surface area contributed by atoms with E-state index in [2.05, 4.69) is 22.1 Å². The summed E-state index contributed by atoms with van der Waals surface area (Å²) in [6, 6.07) is 9.21. The number of rotatable bonds is 5. The van der Waals surface area contributed by atoms with Crippen molar-refractivity contribution >= 4 is 11.9 Å². The van der Waals surface area contributed by atoms with Gasteiger partial charge in [-0.1, -0.05) is 6.07 Å². The molecule has 1 amide bonds. The number of carbonyl (C=O) groups is 2. The van der Waals surface area contributed by atoms with Gasteiger partial charge in [0.15, 0.2) is 0 Å². The molecule has 0 spiro atoms. The van der Waals surface area contributed by atoms with Crippen LogP contribution in [-0.2, 0) is 17.8 Å². The Bertz CT molecular complexity index is 1000. The minimum absolute atomic E-state index is 0.143. The molecule has 0 saturated carbocycles. The van der Waals surface area contributed by atoms with E-state index < -0.39 is 0 Å². The van der Waals surface area contributed by atoms with Gasteiger partial charge in [-0.15, -0.1) is 0 Å². The number of nitriles is 1. The molecule has 1 saturated heterocycles. The molecule has 0 aliphatic carbocycles. The molecular formula is C23H24N4O3. The first-order valence-electron chi connectivity index (χ1n) is 10.2. The lowest BCUT2D eigenvalue weighted by Crippen LogP contribution is -2.45. The van der Waals surface area contributed by atoms with Crippen molar-refractivity contribution in [3.63, 3.8) is 0 Å². The molecule has 154 valence electrons. The minimum Gasteiger partial charge on any atom is -0.457 e. The van der Waals surface area contributed by atoms with Gasteiger partial charge in [0.1, 0.15) is 18.4 Å². The van der Waals surface area contributed by atoms with Gasteiger partial charge in [-0.05, 0) is 55.5 Å². The van der Waals surface area contributed by atoms with Crippen molar-refractivity contribution in [3.8, 4) is 6.07 Å². The summed E-state index contributed by atoms with van der Waals surface area (Å²) in [7, 11) is 0. The van der Waals surface area contributed by atoms with Crippen LogP contribution < -0.4 is 5.32 Å². The van der Waals surface area contributed by atoms with Crippen molar-refractivity contribution < 1.29 is 14.3 Å². The molecule has 1 aromatic heterocycles. The number of nitrogens with zero attached hydrogens (tertiary/aromatic N) is 3. The topological polar surface area (TPSA) is 95.3 Å². The number of benzene rings is 1. The SMILES string of the molecule is Cc1c(CCN2CCC(NC(=O)c3ccc(C#N)nc3)CC2)ccc2c1COC2=O. The Hall–Kier alpha value is -3.24. The van der Waals surface area contributed by atoms with Crippen LogP contribution in [-0.4, -0.2) is 47.4 Å². The second-order valence-electron chi connectivity index (χ2n) is 7.84. The number of hydrogen-bond acceptors (Lipinski definition) is 6. The van der Waals surface area contributed by atoms with Gasteiger partial charge < -0.3 is 15.0 Å². The van der Waals surface area contributed by atoms with Gasteiger partial charge in [0.2, 0.25) is 0 Å². The van der Waals surface area contributed by atoms with E-state index in [4.69, 9.17) is 10.00 Å². The number of nitrogens with one attached hydrogen (secondary N) is 1. The molecule has 1 fully saturated rings. The molecule has 2 aliphatic rings. The highest BCUT2D eigenvalue weighted by Crippen LogP contribution is 2.26. The highest BCUT2D eigenvalue weighted by molar-refractivity contribution is 5.94. The highest BCUT2D eigenvalue weighted by atomic mass is 16.5. The third kappa shape index (κ3) is 4.19. The first-order chi connectivity index (χ1) is 14.5. The van der Waals surface area contributed by atoms with Gasteiger partial charge in [-0.25, -0.2) is 9.78 Å².